The van der Waals surface area contributed by atoms with Gasteiger partial charge in [0.15, 0.2) is 0 Å². The molecule has 2 aromatic rings. The molecule has 0 fully saturated rings. The van der Waals surface area contributed by atoms with E-state index >= 15 is 0 Å². The average molecular weight is 135 g/mol. The number of hydrogen-bond acceptors (Lipinski definition) is 4. The van der Waals surface area contributed by atoms with Crippen molar-refractivity contribution in [2.24, 2.45) is 0 Å². The topological polar surface area (TPSA) is 56.0 Å². The van der Waals surface area contributed by atoms with Crippen LogP contribution in [0.1, 0.15) is 5.69 Å². The monoisotopic (exact) mass is 135 g/mol. The molecule has 10 heavy (non-hydrogen) atoms. The number of fused-ring (bicyclic) bond motifs is 1. The van der Waals surface area contributed by atoms with Gasteiger partial charge in [0.25, 0.3) is 0 Å². The van der Waals surface area contributed by atoms with E-state index in [0.717, 1.165) is 11.2 Å². The van der Waals surface area contributed by atoms with Crippen molar-refractivity contribution in [3.8, 4) is 0 Å². The van der Waals surface area contributed by atoms with Crippen molar-refractivity contribution in [1.82, 2.24) is 25.0 Å². The summed E-state index contributed by atoms with van der Waals surface area (Å²) < 4.78 is 1.45. The predicted molar refractivity (Wildman–Crippen MR) is 33.3 cm³/mol. The van der Waals surface area contributed by atoms with Gasteiger partial charge in [-0.15, -0.1) is 14.8 Å². The SMILES string of the molecule is Cc1nnn2ncncc12. The van der Waals surface area contributed by atoms with Crippen LogP contribution in [-0.4, -0.2) is 25.0 Å². The van der Waals surface area contributed by atoms with Crippen LogP contribution in [0.15, 0.2) is 12.5 Å². The van der Waals surface area contributed by atoms with Gasteiger partial charge < -0.3 is 0 Å². The Kier molecular flexibility index (Phi) is 0.913. The van der Waals surface area contributed by atoms with Crippen LogP contribution in [0.3, 0.4) is 0 Å². The summed E-state index contributed by atoms with van der Waals surface area (Å²) >= 11 is 0. The summed E-state index contributed by atoms with van der Waals surface area (Å²) in [7, 11) is 0. The van der Waals surface area contributed by atoms with Gasteiger partial charge in [-0.05, 0) is 12.1 Å². The first-order chi connectivity index (χ1) is 4.88. The van der Waals surface area contributed by atoms with Crippen LogP contribution >= 0.6 is 0 Å². The number of aromatic nitrogens is 5. The molecule has 0 aliphatic heterocycles. The van der Waals surface area contributed by atoms with Crippen LogP contribution in [0.4, 0.5) is 0 Å². The van der Waals surface area contributed by atoms with Crippen molar-refractivity contribution in [2.75, 3.05) is 0 Å². The lowest BCUT2D eigenvalue weighted by molar-refractivity contribution is 0.729. The van der Waals surface area contributed by atoms with Gasteiger partial charge in [0.1, 0.15) is 11.8 Å². The first-order valence-electron chi connectivity index (χ1n) is 2.86. The first kappa shape index (κ1) is 5.28. The van der Waals surface area contributed by atoms with E-state index in [-0.39, 0.29) is 0 Å². The summed E-state index contributed by atoms with van der Waals surface area (Å²) in [5, 5.41) is 11.4. The van der Waals surface area contributed by atoms with Crippen LogP contribution in [0.25, 0.3) is 5.52 Å². The van der Waals surface area contributed by atoms with Crippen molar-refractivity contribution in [3.05, 3.63) is 18.2 Å². The van der Waals surface area contributed by atoms with E-state index in [1.807, 2.05) is 6.92 Å². The molecule has 5 nitrogen and oxygen atoms in total. The highest BCUT2D eigenvalue weighted by Crippen LogP contribution is 1.99. The van der Waals surface area contributed by atoms with Gasteiger partial charge >= 0.3 is 0 Å². The molecule has 0 unspecified atom stereocenters. The predicted octanol–water partition coefficient (Wildman–Crippen LogP) is -0.172. The minimum absolute atomic E-state index is 0.848. The fourth-order valence-corrected chi connectivity index (χ4v) is 0.767. The van der Waals surface area contributed by atoms with Crippen molar-refractivity contribution in [1.29, 1.82) is 0 Å². The van der Waals surface area contributed by atoms with Crippen molar-refractivity contribution in [2.45, 2.75) is 6.92 Å². The zero-order valence-electron chi connectivity index (χ0n) is 5.39. The van der Waals surface area contributed by atoms with E-state index in [1.165, 1.54) is 11.0 Å². The largest absolute Gasteiger partial charge is 0.241 e. The molecule has 0 aromatic carbocycles. The second-order valence-corrected chi connectivity index (χ2v) is 1.96. The maximum Gasteiger partial charge on any atom is 0.138 e. The van der Waals surface area contributed by atoms with Gasteiger partial charge in [0.2, 0.25) is 0 Å². The Morgan fingerprint density at radius 1 is 1.50 bits per heavy atom. The maximum absolute atomic E-state index is 3.83. The van der Waals surface area contributed by atoms with Crippen LogP contribution in [0.2, 0.25) is 0 Å². The van der Waals surface area contributed by atoms with E-state index in [9.17, 15) is 0 Å². The zero-order valence-corrected chi connectivity index (χ0v) is 5.39. The van der Waals surface area contributed by atoms with Crippen LogP contribution in [-0.2, 0) is 0 Å². The Morgan fingerprint density at radius 2 is 2.40 bits per heavy atom. The summed E-state index contributed by atoms with van der Waals surface area (Å²) in [5.41, 5.74) is 1.70. The molecule has 0 N–H and O–H groups in total. The first-order valence-corrected chi connectivity index (χ1v) is 2.86. The molecule has 2 rings (SSSR count). The van der Waals surface area contributed by atoms with Crippen molar-refractivity contribution in [3.63, 3.8) is 0 Å². The Hall–Kier alpha value is -1.52. The maximum atomic E-state index is 3.83. The summed E-state index contributed by atoms with van der Waals surface area (Å²) in [6.07, 6.45) is 3.11. The standard InChI is InChI=1S/C5H5N5/c1-4-5-2-6-3-7-10(5)9-8-4/h2-3H,1H3. The average Bonchev–Trinajstić information content (AvgIpc) is 2.34. The fraction of sp³-hybridized carbons (Fsp3) is 0.200. The van der Waals surface area contributed by atoms with E-state index < -0.39 is 0 Å². The molecular formula is C5H5N5. The van der Waals surface area contributed by atoms with Crippen LogP contribution < -0.4 is 0 Å². The van der Waals surface area contributed by atoms with Crippen molar-refractivity contribution < 1.29 is 0 Å². The molecule has 0 aliphatic rings. The van der Waals surface area contributed by atoms with Gasteiger partial charge in [-0.3, -0.25) is 0 Å². The van der Waals surface area contributed by atoms with Gasteiger partial charge in [0, 0.05) is 0 Å². The van der Waals surface area contributed by atoms with Gasteiger partial charge in [0.05, 0.1) is 11.9 Å². The lowest BCUT2D eigenvalue weighted by atomic mass is 10.4. The van der Waals surface area contributed by atoms with Gasteiger partial charge in [-0.1, -0.05) is 0 Å². The lowest BCUT2D eigenvalue weighted by Crippen LogP contribution is -1.92. The molecule has 0 radical (unpaired) electrons. The molecule has 0 atom stereocenters. The molecule has 0 amide bonds. The van der Waals surface area contributed by atoms with Crippen LogP contribution in [0, 0.1) is 6.92 Å². The summed E-state index contributed by atoms with van der Waals surface area (Å²) in [4.78, 5) is 3.83. The highest BCUT2D eigenvalue weighted by Gasteiger charge is 1.98. The molecule has 0 bridgehead atoms. The highest BCUT2D eigenvalue weighted by molar-refractivity contribution is 5.45. The van der Waals surface area contributed by atoms with E-state index in [1.54, 1.807) is 6.20 Å². The number of aryl methyl sites for hydroxylation is 1. The second-order valence-electron chi connectivity index (χ2n) is 1.96. The number of nitrogens with zero attached hydrogens (tertiary/aromatic N) is 5. The van der Waals surface area contributed by atoms with E-state index in [4.69, 9.17) is 0 Å². The van der Waals surface area contributed by atoms with Crippen LogP contribution in [0.5, 0.6) is 0 Å². The Labute approximate surface area is 56.7 Å². The minimum Gasteiger partial charge on any atom is -0.241 e. The summed E-state index contributed by atoms with van der Waals surface area (Å²) in [5.74, 6) is 0. The molecule has 0 saturated carbocycles. The zero-order chi connectivity index (χ0) is 6.97. The van der Waals surface area contributed by atoms with Gasteiger partial charge in [-0.25, -0.2) is 4.98 Å². The number of hydrogen-bond donors (Lipinski definition) is 0. The summed E-state index contributed by atoms with van der Waals surface area (Å²) in [6, 6.07) is 0. The van der Waals surface area contributed by atoms with E-state index in [2.05, 4.69) is 20.4 Å². The Morgan fingerprint density at radius 3 is 3.20 bits per heavy atom. The van der Waals surface area contributed by atoms with Crippen molar-refractivity contribution >= 4 is 5.52 Å². The molecule has 2 aromatic heterocycles. The number of rotatable bonds is 0. The molecule has 0 aliphatic carbocycles. The third-order valence-corrected chi connectivity index (χ3v) is 1.29. The van der Waals surface area contributed by atoms with Gasteiger partial charge in [-0.2, -0.15) is 0 Å². The molecule has 5 heteroatoms. The second kappa shape index (κ2) is 1.73. The normalized spacial score (nSPS) is 10.5. The molecule has 0 saturated heterocycles. The van der Waals surface area contributed by atoms with E-state index in [0.29, 0.717) is 0 Å². The Balaban J connectivity index is 2.93. The molecule has 50 valence electrons. The molecule has 2 heterocycles. The Bertz CT molecular complexity index is 352. The third kappa shape index (κ3) is 0.570. The molecule has 0 spiro atoms. The fourth-order valence-electron chi connectivity index (χ4n) is 0.767. The molecular weight excluding hydrogens is 130 g/mol. The third-order valence-electron chi connectivity index (χ3n) is 1.29. The summed E-state index contributed by atoms with van der Waals surface area (Å²) in [6.45, 7) is 1.87. The highest BCUT2D eigenvalue weighted by atomic mass is 15.5. The quantitative estimate of drug-likeness (QED) is 0.503. The smallest absolute Gasteiger partial charge is 0.138 e. The lowest BCUT2D eigenvalue weighted by Gasteiger charge is -1.85. The minimum atomic E-state index is 0.848.